The molecule has 0 aliphatic carbocycles. The molecule has 2 rings (SSSR count). The predicted octanol–water partition coefficient (Wildman–Crippen LogP) is 4.61. The van der Waals surface area contributed by atoms with Crippen LogP contribution in [0.5, 0.6) is 0 Å². The Hall–Kier alpha value is -1.82. The maximum absolute atomic E-state index is 3.80. The molecule has 0 atom stereocenters. The first-order valence-corrected chi connectivity index (χ1v) is 5.51. The van der Waals surface area contributed by atoms with Gasteiger partial charge in [-0.15, -0.1) is 0 Å². The normalized spacial score (nSPS) is 10.1. The molecule has 2 aromatic carbocycles. The van der Waals surface area contributed by atoms with Crippen molar-refractivity contribution >= 4 is 6.08 Å². The summed E-state index contributed by atoms with van der Waals surface area (Å²) in [5.41, 5.74) is 6.35. The monoisotopic (exact) mass is 208 g/mol. The molecule has 0 radical (unpaired) electrons. The van der Waals surface area contributed by atoms with Crippen molar-refractivity contribution in [2.45, 2.75) is 13.8 Å². The summed E-state index contributed by atoms with van der Waals surface area (Å²) in [6.07, 6.45) is 1.88. The fourth-order valence-electron chi connectivity index (χ4n) is 1.77. The third kappa shape index (κ3) is 2.06. The molecule has 0 heteroatoms. The van der Waals surface area contributed by atoms with Crippen LogP contribution in [0.2, 0.25) is 0 Å². The molecule has 0 N–H and O–H groups in total. The van der Waals surface area contributed by atoms with E-state index in [2.05, 4.69) is 62.9 Å². The molecule has 0 unspecified atom stereocenters. The third-order valence-corrected chi connectivity index (χ3v) is 2.96. The maximum Gasteiger partial charge on any atom is -0.0178 e. The molecule has 0 aliphatic heterocycles. The molecule has 0 saturated carbocycles. The largest absolute Gasteiger partial charge is 0.0985 e. The maximum atomic E-state index is 3.80. The highest BCUT2D eigenvalue weighted by Crippen LogP contribution is 2.23. The molecule has 0 amide bonds. The zero-order valence-corrected chi connectivity index (χ0v) is 9.83. The van der Waals surface area contributed by atoms with Crippen LogP contribution in [0.25, 0.3) is 17.2 Å². The second-order valence-corrected chi connectivity index (χ2v) is 4.13. The van der Waals surface area contributed by atoms with E-state index in [0.29, 0.717) is 0 Å². The lowest BCUT2D eigenvalue weighted by Gasteiger charge is -2.06. The highest BCUT2D eigenvalue weighted by Gasteiger charge is 1.99. The first-order chi connectivity index (χ1) is 7.70. The van der Waals surface area contributed by atoms with Crippen molar-refractivity contribution in [2.75, 3.05) is 0 Å². The Morgan fingerprint density at radius 2 is 1.62 bits per heavy atom. The van der Waals surface area contributed by atoms with E-state index in [1.807, 2.05) is 6.08 Å². The molecule has 0 bridgehead atoms. The summed E-state index contributed by atoms with van der Waals surface area (Å²) < 4.78 is 0. The van der Waals surface area contributed by atoms with Gasteiger partial charge < -0.3 is 0 Å². The van der Waals surface area contributed by atoms with Gasteiger partial charge >= 0.3 is 0 Å². The van der Waals surface area contributed by atoms with Gasteiger partial charge in [0.25, 0.3) is 0 Å². The van der Waals surface area contributed by atoms with E-state index in [9.17, 15) is 0 Å². The van der Waals surface area contributed by atoms with Crippen molar-refractivity contribution < 1.29 is 0 Å². The molecule has 0 saturated heterocycles. The molecule has 16 heavy (non-hydrogen) atoms. The van der Waals surface area contributed by atoms with E-state index < -0.39 is 0 Å². The van der Waals surface area contributed by atoms with E-state index in [4.69, 9.17) is 0 Å². The fraction of sp³-hybridized carbons (Fsp3) is 0.125. The molecular weight excluding hydrogens is 192 g/mol. The summed E-state index contributed by atoms with van der Waals surface area (Å²) >= 11 is 0. The lowest BCUT2D eigenvalue weighted by Crippen LogP contribution is -1.84. The van der Waals surface area contributed by atoms with Crippen molar-refractivity contribution in [1.29, 1.82) is 0 Å². The number of hydrogen-bond donors (Lipinski definition) is 0. The van der Waals surface area contributed by atoms with E-state index in [-0.39, 0.29) is 0 Å². The van der Waals surface area contributed by atoms with Gasteiger partial charge in [-0.05, 0) is 47.7 Å². The molecule has 0 aliphatic rings. The quantitative estimate of drug-likeness (QED) is 0.676. The molecule has 2 aromatic rings. The fourth-order valence-corrected chi connectivity index (χ4v) is 1.77. The van der Waals surface area contributed by atoms with Crippen LogP contribution in [-0.2, 0) is 0 Å². The standard InChI is InChI=1S/C16H16/c1-4-14-6-5-7-15(11-14)16-9-8-12(2)13(3)10-16/h4-11H,1H2,2-3H3. The summed E-state index contributed by atoms with van der Waals surface area (Å²) in [4.78, 5) is 0. The molecule has 0 spiro atoms. The van der Waals surface area contributed by atoms with Gasteiger partial charge in [0, 0.05) is 0 Å². The SMILES string of the molecule is C=Cc1cccc(-c2ccc(C)c(C)c2)c1. The molecule has 0 aromatic heterocycles. The van der Waals surface area contributed by atoms with E-state index in [1.54, 1.807) is 0 Å². The minimum absolute atomic E-state index is 1.16. The molecule has 0 fully saturated rings. The van der Waals surface area contributed by atoms with Crippen LogP contribution in [0.4, 0.5) is 0 Å². The third-order valence-electron chi connectivity index (χ3n) is 2.96. The van der Waals surface area contributed by atoms with Crippen LogP contribution < -0.4 is 0 Å². The van der Waals surface area contributed by atoms with Gasteiger partial charge in [0.1, 0.15) is 0 Å². The summed E-state index contributed by atoms with van der Waals surface area (Å²) in [6, 6.07) is 15.0. The molecule has 80 valence electrons. The van der Waals surface area contributed by atoms with E-state index in [1.165, 1.54) is 22.3 Å². The minimum Gasteiger partial charge on any atom is -0.0985 e. The average molecular weight is 208 g/mol. The number of rotatable bonds is 2. The molecule has 0 nitrogen and oxygen atoms in total. The van der Waals surface area contributed by atoms with Crippen molar-refractivity contribution in [2.24, 2.45) is 0 Å². The van der Waals surface area contributed by atoms with Gasteiger partial charge in [-0.25, -0.2) is 0 Å². The van der Waals surface area contributed by atoms with Crippen LogP contribution >= 0.6 is 0 Å². The predicted molar refractivity (Wildman–Crippen MR) is 71.4 cm³/mol. The van der Waals surface area contributed by atoms with Crippen LogP contribution in [0.15, 0.2) is 49.0 Å². The highest BCUT2D eigenvalue weighted by molar-refractivity contribution is 5.68. The Morgan fingerprint density at radius 3 is 2.31 bits per heavy atom. The van der Waals surface area contributed by atoms with Crippen LogP contribution in [0, 0.1) is 13.8 Å². The lowest BCUT2D eigenvalue weighted by atomic mass is 9.99. The van der Waals surface area contributed by atoms with Gasteiger partial charge in [0.15, 0.2) is 0 Å². The Balaban J connectivity index is 2.49. The Morgan fingerprint density at radius 1 is 0.875 bits per heavy atom. The zero-order valence-electron chi connectivity index (χ0n) is 9.83. The van der Waals surface area contributed by atoms with Crippen molar-refractivity contribution in [1.82, 2.24) is 0 Å². The summed E-state index contributed by atoms with van der Waals surface area (Å²) in [7, 11) is 0. The highest BCUT2D eigenvalue weighted by atomic mass is 14.0. The summed E-state index contributed by atoms with van der Waals surface area (Å²) in [5.74, 6) is 0. The number of benzene rings is 2. The van der Waals surface area contributed by atoms with E-state index >= 15 is 0 Å². The second-order valence-electron chi connectivity index (χ2n) is 4.13. The zero-order chi connectivity index (χ0) is 11.5. The average Bonchev–Trinajstić information content (AvgIpc) is 2.33. The van der Waals surface area contributed by atoms with Crippen LogP contribution in [0.3, 0.4) is 0 Å². The first-order valence-electron chi connectivity index (χ1n) is 5.51. The number of aryl methyl sites for hydroxylation is 2. The van der Waals surface area contributed by atoms with Gasteiger partial charge in [-0.3, -0.25) is 0 Å². The van der Waals surface area contributed by atoms with Crippen LogP contribution in [0.1, 0.15) is 16.7 Å². The van der Waals surface area contributed by atoms with Gasteiger partial charge in [0.2, 0.25) is 0 Å². The summed E-state index contributed by atoms with van der Waals surface area (Å²) in [5, 5.41) is 0. The Kier molecular flexibility index (Phi) is 2.91. The minimum atomic E-state index is 1.16. The molecule has 0 heterocycles. The van der Waals surface area contributed by atoms with Crippen LogP contribution in [-0.4, -0.2) is 0 Å². The summed E-state index contributed by atoms with van der Waals surface area (Å²) in [6.45, 7) is 8.08. The van der Waals surface area contributed by atoms with Crippen molar-refractivity contribution in [3.8, 4) is 11.1 Å². The van der Waals surface area contributed by atoms with Crippen molar-refractivity contribution in [3.05, 3.63) is 65.7 Å². The topological polar surface area (TPSA) is 0 Å². The van der Waals surface area contributed by atoms with Gasteiger partial charge in [-0.1, -0.05) is 49.1 Å². The molecular formula is C16H16. The van der Waals surface area contributed by atoms with E-state index in [0.717, 1.165) is 5.56 Å². The Bertz CT molecular complexity index is 521. The number of hydrogen-bond acceptors (Lipinski definition) is 0. The lowest BCUT2D eigenvalue weighted by molar-refractivity contribution is 1.34. The second kappa shape index (κ2) is 4.36. The smallest absolute Gasteiger partial charge is 0.0178 e. The van der Waals surface area contributed by atoms with Crippen molar-refractivity contribution in [3.63, 3.8) is 0 Å². The Labute approximate surface area is 97.3 Å². The van der Waals surface area contributed by atoms with Gasteiger partial charge in [0.05, 0.1) is 0 Å². The van der Waals surface area contributed by atoms with Gasteiger partial charge in [-0.2, -0.15) is 0 Å². The first kappa shape index (κ1) is 10.7.